The van der Waals surface area contributed by atoms with Crippen molar-refractivity contribution in [2.24, 2.45) is 0 Å². The summed E-state index contributed by atoms with van der Waals surface area (Å²) in [6.07, 6.45) is 0. The molecule has 0 aromatic heterocycles. The molecule has 0 aliphatic heterocycles. The molecule has 0 heterocycles. The van der Waals surface area contributed by atoms with Crippen molar-refractivity contribution in [2.45, 2.75) is 6.92 Å². The van der Waals surface area contributed by atoms with Crippen molar-refractivity contribution >= 4 is 27.5 Å². The number of aryl methyl sites for hydroxylation is 1. The normalized spacial score (nSPS) is 10.2. The van der Waals surface area contributed by atoms with Gasteiger partial charge in [0.15, 0.2) is 11.6 Å². The number of phenolic OH excluding ortho intramolecular Hbond substituents is 1. The molecular weight excluding hydrogens is 234 g/mol. The summed E-state index contributed by atoms with van der Waals surface area (Å²) in [5, 5.41) is 9.34. The van der Waals surface area contributed by atoms with E-state index in [0.717, 1.165) is 0 Å². The van der Waals surface area contributed by atoms with E-state index in [-0.39, 0.29) is 4.47 Å². The molecule has 0 atom stereocenters. The lowest BCUT2D eigenvalue weighted by atomic mass is 10.2. The summed E-state index contributed by atoms with van der Waals surface area (Å²) in [5.41, 5.74) is 0.592. The highest BCUT2D eigenvalue weighted by Gasteiger charge is 2.11. The number of benzene rings is 1. The van der Waals surface area contributed by atoms with Crippen LogP contribution in [0.1, 0.15) is 5.56 Å². The van der Waals surface area contributed by atoms with Gasteiger partial charge in [0, 0.05) is 0 Å². The Morgan fingerprint density at radius 1 is 1.64 bits per heavy atom. The van der Waals surface area contributed by atoms with Gasteiger partial charge >= 0.3 is 0 Å². The summed E-state index contributed by atoms with van der Waals surface area (Å²) >= 11 is 8.64. The van der Waals surface area contributed by atoms with Crippen LogP contribution >= 0.6 is 27.5 Å². The van der Waals surface area contributed by atoms with Crippen LogP contribution in [0.25, 0.3) is 0 Å². The fraction of sp³-hybridized carbons (Fsp3) is 0.143. The monoisotopic (exact) mass is 238 g/mol. The smallest absolute Gasteiger partial charge is 0.167 e. The molecule has 1 rings (SSSR count). The second-order valence-corrected chi connectivity index (χ2v) is 3.32. The highest BCUT2D eigenvalue weighted by atomic mass is 79.9. The summed E-state index contributed by atoms with van der Waals surface area (Å²) in [6.45, 7) is 1.66. The van der Waals surface area contributed by atoms with Gasteiger partial charge in [0.2, 0.25) is 0 Å². The van der Waals surface area contributed by atoms with Crippen LogP contribution in [0.3, 0.4) is 0 Å². The van der Waals surface area contributed by atoms with Crippen LogP contribution in [0.2, 0.25) is 5.02 Å². The molecule has 0 saturated carbocycles. The number of aromatic hydroxyl groups is 1. The Labute approximate surface area is 76.9 Å². The fourth-order valence-corrected chi connectivity index (χ4v) is 1.35. The van der Waals surface area contributed by atoms with Crippen LogP contribution in [-0.4, -0.2) is 5.11 Å². The molecule has 1 nitrogen and oxygen atoms in total. The Balaban J connectivity index is 3.46. The third kappa shape index (κ3) is 1.49. The van der Waals surface area contributed by atoms with Crippen molar-refractivity contribution in [1.82, 2.24) is 0 Å². The summed E-state index contributed by atoms with van der Waals surface area (Å²) in [7, 11) is 0. The summed E-state index contributed by atoms with van der Waals surface area (Å²) in [4.78, 5) is 0. The third-order valence-electron chi connectivity index (χ3n) is 1.32. The molecule has 0 aliphatic carbocycles. The van der Waals surface area contributed by atoms with Crippen LogP contribution < -0.4 is 0 Å². The molecule has 0 saturated heterocycles. The Hall–Kier alpha value is -0.280. The Morgan fingerprint density at radius 2 is 2.18 bits per heavy atom. The quantitative estimate of drug-likeness (QED) is 0.689. The maximum absolute atomic E-state index is 12.7. The molecule has 1 N–H and O–H groups in total. The largest absolute Gasteiger partial charge is 0.504 e. The highest BCUT2D eigenvalue weighted by Crippen LogP contribution is 2.35. The fourth-order valence-electron chi connectivity index (χ4n) is 0.704. The summed E-state index contributed by atoms with van der Waals surface area (Å²) in [5.74, 6) is -1.11. The minimum absolute atomic E-state index is 0.205. The first kappa shape index (κ1) is 8.81. The second kappa shape index (κ2) is 2.99. The molecule has 0 spiro atoms. The van der Waals surface area contributed by atoms with Crippen molar-refractivity contribution in [3.8, 4) is 5.75 Å². The van der Waals surface area contributed by atoms with Gasteiger partial charge in [-0.2, -0.15) is 0 Å². The van der Waals surface area contributed by atoms with E-state index >= 15 is 0 Å². The van der Waals surface area contributed by atoms with Gasteiger partial charge in [-0.05, 0) is 34.5 Å². The minimum atomic E-state index is -0.668. The molecule has 0 radical (unpaired) electrons. The minimum Gasteiger partial charge on any atom is -0.504 e. The van der Waals surface area contributed by atoms with Crippen molar-refractivity contribution < 1.29 is 9.50 Å². The molecule has 0 bridgehead atoms. The Bertz CT molecular complexity index is 275. The van der Waals surface area contributed by atoms with E-state index < -0.39 is 11.6 Å². The maximum Gasteiger partial charge on any atom is 0.167 e. The number of phenols is 1. The second-order valence-electron chi connectivity index (χ2n) is 2.15. The average Bonchev–Trinajstić information content (AvgIpc) is 1.97. The van der Waals surface area contributed by atoms with E-state index in [1.54, 1.807) is 6.92 Å². The predicted octanol–water partition coefficient (Wildman–Crippen LogP) is 3.26. The molecule has 0 fully saturated rings. The first-order valence-electron chi connectivity index (χ1n) is 2.87. The first-order valence-corrected chi connectivity index (χ1v) is 4.04. The molecule has 1 aromatic carbocycles. The number of rotatable bonds is 0. The molecule has 11 heavy (non-hydrogen) atoms. The molecule has 60 valence electrons. The van der Waals surface area contributed by atoms with Crippen LogP contribution in [0.15, 0.2) is 10.5 Å². The lowest BCUT2D eigenvalue weighted by molar-refractivity contribution is 0.429. The van der Waals surface area contributed by atoms with Crippen molar-refractivity contribution in [1.29, 1.82) is 0 Å². The number of hydrogen-bond donors (Lipinski definition) is 1. The van der Waals surface area contributed by atoms with Crippen molar-refractivity contribution in [3.63, 3.8) is 0 Å². The van der Waals surface area contributed by atoms with Gasteiger partial charge in [-0.1, -0.05) is 11.6 Å². The summed E-state index contributed by atoms with van der Waals surface area (Å²) in [6, 6.07) is 1.18. The first-order chi connectivity index (χ1) is 5.04. The van der Waals surface area contributed by atoms with E-state index in [0.29, 0.717) is 10.6 Å². The molecule has 0 unspecified atom stereocenters. The van der Waals surface area contributed by atoms with Gasteiger partial charge < -0.3 is 5.11 Å². The molecule has 0 aliphatic rings. The molecular formula is C7H5BrClFO. The lowest BCUT2D eigenvalue weighted by Crippen LogP contribution is -1.83. The van der Waals surface area contributed by atoms with E-state index in [9.17, 15) is 4.39 Å². The Morgan fingerprint density at radius 3 is 2.73 bits per heavy atom. The Kier molecular flexibility index (Phi) is 2.40. The molecule has 4 heteroatoms. The van der Waals surface area contributed by atoms with Gasteiger partial charge in [0.05, 0.1) is 9.50 Å². The standard InChI is InChI=1S/C7H5BrClFO/c1-3-2-4(10)7(11)5(8)6(3)9/h2,11H,1H3. The molecule has 0 amide bonds. The third-order valence-corrected chi connectivity index (χ3v) is 2.80. The average molecular weight is 239 g/mol. The van der Waals surface area contributed by atoms with Crippen LogP contribution in [0.5, 0.6) is 5.75 Å². The van der Waals surface area contributed by atoms with Gasteiger partial charge in [0.1, 0.15) is 0 Å². The lowest BCUT2D eigenvalue weighted by Gasteiger charge is -2.03. The number of halogens is 3. The zero-order chi connectivity index (χ0) is 8.59. The van der Waals surface area contributed by atoms with Crippen LogP contribution in [0, 0.1) is 12.7 Å². The zero-order valence-corrected chi connectivity index (χ0v) is 8.00. The van der Waals surface area contributed by atoms with Gasteiger partial charge in [0.25, 0.3) is 0 Å². The summed E-state index contributed by atoms with van der Waals surface area (Å²) < 4.78 is 12.9. The zero-order valence-electron chi connectivity index (χ0n) is 5.66. The predicted molar refractivity (Wildman–Crippen MR) is 45.5 cm³/mol. The van der Waals surface area contributed by atoms with Crippen LogP contribution in [-0.2, 0) is 0 Å². The van der Waals surface area contributed by atoms with Gasteiger partial charge in [-0.3, -0.25) is 0 Å². The van der Waals surface area contributed by atoms with Crippen molar-refractivity contribution in [2.75, 3.05) is 0 Å². The SMILES string of the molecule is Cc1cc(F)c(O)c(Br)c1Cl. The van der Waals surface area contributed by atoms with E-state index in [1.807, 2.05) is 0 Å². The number of hydrogen-bond acceptors (Lipinski definition) is 1. The van der Waals surface area contributed by atoms with E-state index in [4.69, 9.17) is 16.7 Å². The highest BCUT2D eigenvalue weighted by molar-refractivity contribution is 9.10. The molecule has 1 aromatic rings. The maximum atomic E-state index is 12.7. The van der Waals surface area contributed by atoms with Crippen molar-refractivity contribution in [3.05, 3.63) is 26.9 Å². The van der Waals surface area contributed by atoms with Gasteiger partial charge in [-0.15, -0.1) is 0 Å². The van der Waals surface area contributed by atoms with Crippen LogP contribution in [0.4, 0.5) is 4.39 Å². The topological polar surface area (TPSA) is 20.2 Å². The van der Waals surface area contributed by atoms with E-state index in [1.165, 1.54) is 6.07 Å². The van der Waals surface area contributed by atoms with E-state index in [2.05, 4.69) is 15.9 Å². The van der Waals surface area contributed by atoms with Gasteiger partial charge in [-0.25, -0.2) is 4.39 Å².